The largest absolute Gasteiger partial charge is 0.376 e. The summed E-state index contributed by atoms with van der Waals surface area (Å²) >= 11 is 0. The third-order valence-corrected chi connectivity index (χ3v) is 5.77. The first kappa shape index (κ1) is 14.7. The van der Waals surface area contributed by atoms with E-state index in [1.54, 1.807) is 7.11 Å². The molecule has 2 N–H and O–H groups in total. The lowest BCUT2D eigenvalue weighted by molar-refractivity contribution is -0.125. The summed E-state index contributed by atoms with van der Waals surface area (Å²) < 4.78 is 28.4. The molecule has 6 nitrogen and oxygen atoms in total. The van der Waals surface area contributed by atoms with Crippen molar-refractivity contribution in [3.05, 3.63) is 0 Å². The minimum atomic E-state index is -2.99. The van der Waals surface area contributed by atoms with Crippen LogP contribution in [-0.2, 0) is 19.4 Å². The standard InChI is InChI=1S/C12H22N2O4S/c1-18-12(3-2-4-12)9-14-11(15)7-10-8-19(16,17)6-5-13-10/h10,13H,2-9H2,1H3,(H,14,15). The van der Waals surface area contributed by atoms with Crippen LogP contribution in [0.2, 0.25) is 0 Å². The fourth-order valence-corrected chi connectivity index (χ4v) is 4.02. The van der Waals surface area contributed by atoms with Crippen molar-refractivity contribution in [1.82, 2.24) is 10.6 Å². The van der Waals surface area contributed by atoms with Gasteiger partial charge in [-0.25, -0.2) is 8.42 Å². The van der Waals surface area contributed by atoms with Crippen LogP contribution in [0, 0.1) is 0 Å². The van der Waals surface area contributed by atoms with Crippen LogP contribution in [0.1, 0.15) is 25.7 Å². The number of hydrogen-bond donors (Lipinski definition) is 2. The molecule has 0 spiro atoms. The van der Waals surface area contributed by atoms with Crippen LogP contribution in [-0.4, -0.2) is 57.7 Å². The Morgan fingerprint density at radius 2 is 2.21 bits per heavy atom. The van der Waals surface area contributed by atoms with Gasteiger partial charge in [0.15, 0.2) is 9.84 Å². The Bertz CT molecular complexity index is 426. The maximum atomic E-state index is 11.8. The van der Waals surface area contributed by atoms with Crippen molar-refractivity contribution in [2.45, 2.75) is 37.3 Å². The van der Waals surface area contributed by atoms with Crippen LogP contribution in [0.4, 0.5) is 0 Å². The SMILES string of the molecule is COC1(CNC(=O)CC2CS(=O)(=O)CCN2)CCC1. The van der Waals surface area contributed by atoms with E-state index in [-0.39, 0.29) is 35.5 Å². The fraction of sp³-hybridized carbons (Fsp3) is 0.917. The Kier molecular flexibility index (Phi) is 4.47. The molecule has 1 aliphatic carbocycles. The maximum absolute atomic E-state index is 11.8. The number of carbonyl (C=O) groups is 1. The van der Waals surface area contributed by atoms with Crippen LogP contribution in [0.25, 0.3) is 0 Å². The Balaban J connectivity index is 1.75. The van der Waals surface area contributed by atoms with Crippen molar-refractivity contribution >= 4 is 15.7 Å². The van der Waals surface area contributed by atoms with Gasteiger partial charge in [-0.2, -0.15) is 0 Å². The summed E-state index contributed by atoms with van der Waals surface area (Å²) in [5, 5.41) is 5.93. The highest BCUT2D eigenvalue weighted by Crippen LogP contribution is 2.34. The van der Waals surface area contributed by atoms with E-state index in [1.807, 2.05) is 0 Å². The van der Waals surface area contributed by atoms with Gasteiger partial charge >= 0.3 is 0 Å². The Morgan fingerprint density at radius 3 is 2.74 bits per heavy atom. The summed E-state index contributed by atoms with van der Waals surface area (Å²) in [6, 6.07) is -0.265. The summed E-state index contributed by atoms with van der Waals surface area (Å²) in [6.45, 7) is 0.949. The van der Waals surface area contributed by atoms with Gasteiger partial charge in [0.2, 0.25) is 5.91 Å². The second kappa shape index (κ2) is 5.76. The van der Waals surface area contributed by atoms with Crippen molar-refractivity contribution in [2.75, 3.05) is 31.7 Å². The highest BCUT2D eigenvalue weighted by Gasteiger charge is 2.37. The normalized spacial score (nSPS) is 28.4. The van der Waals surface area contributed by atoms with Gasteiger partial charge in [0.05, 0.1) is 17.1 Å². The zero-order valence-electron chi connectivity index (χ0n) is 11.3. The van der Waals surface area contributed by atoms with Crippen molar-refractivity contribution in [3.8, 4) is 0 Å². The smallest absolute Gasteiger partial charge is 0.221 e. The molecule has 1 heterocycles. The number of methoxy groups -OCH3 is 1. The predicted octanol–water partition coefficient (Wildman–Crippen LogP) is -0.552. The zero-order chi connectivity index (χ0) is 13.9. The maximum Gasteiger partial charge on any atom is 0.221 e. The molecule has 7 heteroatoms. The molecular formula is C12H22N2O4S. The van der Waals surface area contributed by atoms with Gasteiger partial charge in [0.1, 0.15) is 0 Å². The van der Waals surface area contributed by atoms with Gasteiger partial charge in [-0.05, 0) is 19.3 Å². The molecule has 0 aromatic carbocycles. The zero-order valence-corrected chi connectivity index (χ0v) is 12.1. The first-order valence-corrected chi connectivity index (χ1v) is 8.53. The number of hydrogen-bond acceptors (Lipinski definition) is 5. The van der Waals surface area contributed by atoms with E-state index in [2.05, 4.69) is 10.6 Å². The quantitative estimate of drug-likeness (QED) is 0.709. The summed E-state index contributed by atoms with van der Waals surface area (Å²) in [5.41, 5.74) is -0.193. The average molecular weight is 290 g/mol. The molecule has 19 heavy (non-hydrogen) atoms. The van der Waals surface area contributed by atoms with E-state index < -0.39 is 9.84 Å². The lowest BCUT2D eigenvalue weighted by atomic mass is 9.80. The topological polar surface area (TPSA) is 84.5 Å². The minimum Gasteiger partial charge on any atom is -0.376 e. The molecule has 2 fully saturated rings. The molecule has 1 aliphatic heterocycles. The fourth-order valence-electron chi connectivity index (χ4n) is 2.58. The van der Waals surface area contributed by atoms with E-state index in [1.165, 1.54) is 0 Å². The molecular weight excluding hydrogens is 268 g/mol. The monoisotopic (exact) mass is 290 g/mol. The van der Waals surface area contributed by atoms with Crippen LogP contribution >= 0.6 is 0 Å². The number of amides is 1. The first-order valence-electron chi connectivity index (χ1n) is 6.70. The number of nitrogens with one attached hydrogen (secondary N) is 2. The van der Waals surface area contributed by atoms with Gasteiger partial charge in [-0.15, -0.1) is 0 Å². The van der Waals surface area contributed by atoms with E-state index in [0.717, 1.165) is 19.3 Å². The van der Waals surface area contributed by atoms with Crippen LogP contribution < -0.4 is 10.6 Å². The molecule has 2 rings (SSSR count). The minimum absolute atomic E-state index is 0.0514. The Hall–Kier alpha value is -0.660. The second-order valence-corrected chi connectivity index (χ2v) is 7.72. The van der Waals surface area contributed by atoms with Gasteiger partial charge in [-0.3, -0.25) is 4.79 Å². The van der Waals surface area contributed by atoms with Crippen molar-refractivity contribution in [1.29, 1.82) is 0 Å². The highest BCUT2D eigenvalue weighted by atomic mass is 32.2. The van der Waals surface area contributed by atoms with Gasteiger partial charge in [0.25, 0.3) is 0 Å². The third-order valence-electron chi connectivity index (χ3n) is 4.04. The second-order valence-electron chi connectivity index (χ2n) is 5.49. The molecule has 1 atom stereocenters. The van der Waals surface area contributed by atoms with E-state index in [4.69, 9.17) is 4.74 Å². The van der Waals surface area contributed by atoms with Crippen LogP contribution in [0.3, 0.4) is 0 Å². The van der Waals surface area contributed by atoms with Gasteiger partial charge in [0, 0.05) is 32.7 Å². The predicted molar refractivity (Wildman–Crippen MR) is 71.7 cm³/mol. The van der Waals surface area contributed by atoms with Crippen molar-refractivity contribution in [3.63, 3.8) is 0 Å². The summed E-state index contributed by atoms with van der Waals surface area (Å²) in [6.07, 6.45) is 3.28. The van der Waals surface area contributed by atoms with E-state index >= 15 is 0 Å². The first-order chi connectivity index (χ1) is 8.95. The Labute approximate surface area is 114 Å². The van der Waals surface area contributed by atoms with Crippen molar-refractivity contribution < 1.29 is 17.9 Å². The van der Waals surface area contributed by atoms with Crippen molar-refractivity contribution in [2.24, 2.45) is 0 Å². The molecule has 0 aromatic rings. The molecule has 1 unspecified atom stereocenters. The molecule has 0 bridgehead atoms. The third kappa shape index (κ3) is 3.90. The lowest BCUT2D eigenvalue weighted by Crippen LogP contribution is -2.51. The number of rotatable bonds is 5. The summed E-state index contributed by atoms with van der Waals surface area (Å²) in [4.78, 5) is 11.8. The number of ether oxygens (including phenoxy) is 1. The molecule has 110 valence electrons. The van der Waals surface area contributed by atoms with Gasteiger partial charge in [-0.1, -0.05) is 0 Å². The average Bonchev–Trinajstić information content (AvgIpc) is 2.26. The van der Waals surface area contributed by atoms with E-state index in [0.29, 0.717) is 13.1 Å². The molecule has 1 saturated carbocycles. The Morgan fingerprint density at radius 1 is 1.47 bits per heavy atom. The van der Waals surface area contributed by atoms with E-state index in [9.17, 15) is 13.2 Å². The summed E-state index contributed by atoms with van der Waals surface area (Å²) in [7, 11) is -1.32. The highest BCUT2D eigenvalue weighted by molar-refractivity contribution is 7.91. The molecule has 0 radical (unpaired) electrons. The molecule has 1 amide bonds. The number of carbonyl (C=O) groups excluding carboxylic acids is 1. The molecule has 2 aliphatic rings. The summed E-state index contributed by atoms with van der Waals surface area (Å²) in [5.74, 6) is 0.103. The molecule has 1 saturated heterocycles. The van der Waals surface area contributed by atoms with Crippen LogP contribution in [0.15, 0.2) is 0 Å². The number of sulfone groups is 1. The molecule has 0 aromatic heterocycles. The lowest BCUT2D eigenvalue weighted by Gasteiger charge is -2.40. The van der Waals surface area contributed by atoms with Crippen LogP contribution in [0.5, 0.6) is 0 Å². The van der Waals surface area contributed by atoms with Gasteiger partial charge < -0.3 is 15.4 Å².